The van der Waals surface area contributed by atoms with Gasteiger partial charge in [-0.25, -0.2) is 22.7 Å². The molecule has 18 heavy (non-hydrogen) atoms. The highest BCUT2D eigenvalue weighted by Crippen LogP contribution is 2.44. The van der Waals surface area contributed by atoms with Gasteiger partial charge in [0, 0.05) is 18.1 Å². The van der Waals surface area contributed by atoms with E-state index >= 15 is 0 Å². The highest BCUT2D eigenvalue weighted by molar-refractivity contribution is 7.87. The Morgan fingerprint density at radius 2 is 1.94 bits per heavy atom. The first-order valence-corrected chi connectivity index (χ1v) is 6.30. The van der Waals surface area contributed by atoms with Gasteiger partial charge in [-0.05, 0) is 11.6 Å². The quantitative estimate of drug-likeness (QED) is 0.795. The molecule has 1 atom stereocenters. The number of halogens is 4. The number of nitrogens with two attached hydrogens (primary N) is 1. The fraction of sp³-hybridized carbons (Fsp3) is 0.333. The van der Waals surface area contributed by atoms with Crippen LogP contribution < -0.4 is 9.86 Å². The smallest absolute Gasteiger partial charge is 0.216 e. The first-order chi connectivity index (χ1) is 8.10. The van der Waals surface area contributed by atoms with Gasteiger partial charge in [0.15, 0.2) is 0 Å². The Labute approximate surface area is 100.0 Å². The lowest BCUT2D eigenvalue weighted by atomic mass is 10.1. The van der Waals surface area contributed by atoms with E-state index in [-0.39, 0.29) is 5.56 Å². The molecule has 1 aliphatic carbocycles. The molecule has 9 heteroatoms. The molecule has 3 N–H and O–H groups in total. The first kappa shape index (κ1) is 13.2. The van der Waals surface area contributed by atoms with E-state index in [1.807, 2.05) is 0 Å². The van der Waals surface area contributed by atoms with Crippen molar-refractivity contribution in [3.05, 3.63) is 34.9 Å². The minimum atomic E-state index is -4.44. The molecule has 0 fully saturated rings. The number of rotatable bonds is 2. The molecule has 0 saturated heterocycles. The zero-order valence-electron chi connectivity index (χ0n) is 8.75. The van der Waals surface area contributed by atoms with Crippen molar-refractivity contribution in [1.82, 2.24) is 4.72 Å². The zero-order chi connectivity index (χ0) is 13.7. The maximum atomic E-state index is 13.6. The summed E-state index contributed by atoms with van der Waals surface area (Å²) >= 11 is 0. The molecule has 2 rings (SSSR count). The Balaban J connectivity index is 2.55. The fourth-order valence-corrected chi connectivity index (χ4v) is 2.60. The molecule has 4 nitrogen and oxygen atoms in total. The zero-order valence-corrected chi connectivity index (χ0v) is 9.57. The van der Waals surface area contributed by atoms with Crippen LogP contribution in [-0.2, 0) is 16.6 Å². The van der Waals surface area contributed by atoms with E-state index in [1.165, 1.54) is 4.72 Å². The molecule has 100 valence electrons. The normalized spacial score (nSPS) is 21.9. The van der Waals surface area contributed by atoms with Crippen LogP contribution in [-0.4, -0.2) is 14.3 Å². The Morgan fingerprint density at radius 3 is 2.50 bits per heavy atom. The molecular weight excluding hydrogens is 276 g/mol. The van der Waals surface area contributed by atoms with Crippen LogP contribution in [0.25, 0.3) is 0 Å². The van der Waals surface area contributed by atoms with Crippen LogP contribution in [0.2, 0.25) is 0 Å². The molecular formula is C9H8F4N2O2S. The third-order valence-electron chi connectivity index (χ3n) is 2.60. The minimum Gasteiger partial charge on any atom is -0.216 e. The number of fused-ring (bicyclic) bond motifs is 1. The van der Waals surface area contributed by atoms with Gasteiger partial charge in [0.25, 0.3) is 16.1 Å². The monoisotopic (exact) mass is 284 g/mol. The molecule has 0 heterocycles. The van der Waals surface area contributed by atoms with Crippen molar-refractivity contribution < 1.29 is 26.0 Å². The molecule has 0 saturated carbocycles. The second kappa shape index (κ2) is 3.90. The third-order valence-corrected chi connectivity index (χ3v) is 3.16. The van der Waals surface area contributed by atoms with Crippen LogP contribution in [0.5, 0.6) is 0 Å². The molecule has 1 aromatic carbocycles. The number of benzene rings is 1. The maximum Gasteiger partial charge on any atom is 0.275 e. The Kier molecular flexibility index (Phi) is 2.87. The second-order valence-electron chi connectivity index (χ2n) is 3.99. The van der Waals surface area contributed by atoms with Crippen LogP contribution in [0, 0.1) is 11.6 Å². The van der Waals surface area contributed by atoms with Crippen molar-refractivity contribution in [1.29, 1.82) is 0 Å². The highest BCUT2D eigenvalue weighted by atomic mass is 32.2. The summed E-state index contributed by atoms with van der Waals surface area (Å²) in [7, 11) is -4.44. The van der Waals surface area contributed by atoms with Crippen molar-refractivity contribution in [2.75, 3.05) is 0 Å². The van der Waals surface area contributed by atoms with Crippen molar-refractivity contribution in [2.24, 2.45) is 5.14 Å². The van der Waals surface area contributed by atoms with Crippen molar-refractivity contribution >= 4 is 10.2 Å². The predicted octanol–water partition coefficient (Wildman–Crippen LogP) is 0.990. The molecule has 0 amide bonds. The topological polar surface area (TPSA) is 72.2 Å². The summed E-state index contributed by atoms with van der Waals surface area (Å²) in [4.78, 5) is 0. The number of hydrogen-bond acceptors (Lipinski definition) is 2. The van der Waals surface area contributed by atoms with E-state index in [9.17, 15) is 26.0 Å². The molecule has 0 radical (unpaired) electrons. The molecule has 0 aromatic heterocycles. The van der Waals surface area contributed by atoms with Crippen molar-refractivity contribution in [3.63, 3.8) is 0 Å². The standard InChI is InChI=1S/C9H8F4N2O2S/c10-5-1-4-3-9(12,13)8(15-18(14,16)17)7(4)6(11)2-5/h1-2,8,15H,3H2,(H2,14,16,17)/t8-/m0/s1. The van der Waals surface area contributed by atoms with E-state index in [0.717, 1.165) is 6.07 Å². The van der Waals surface area contributed by atoms with Crippen LogP contribution in [0.15, 0.2) is 12.1 Å². The largest absolute Gasteiger partial charge is 0.275 e. The summed E-state index contributed by atoms with van der Waals surface area (Å²) in [5, 5.41) is 4.60. The Morgan fingerprint density at radius 1 is 1.33 bits per heavy atom. The second-order valence-corrected chi connectivity index (χ2v) is 5.32. The SMILES string of the molecule is NS(=O)(=O)N[C@H]1c2c(F)cc(F)cc2CC1(F)F. The van der Waals surface area contributed by atoms with E-state index in [4.69, 9.17) is 0 Å². The molecule has 1 aromatic rings. The summed E-state index contributed by atoms with van der Waals surface area (Å²) < 4.78 is 76.6. The number of nitrogens with one attached hydrogen (secondary N) is 1. The third kappa shape index (κ3) is 2.33. The lowest BCUT2D eigenvalue weighted by molar-refractivity contribution is -0.0193. The van der Waals surface area contributed by atoms with Crippen LogP contribution >= 0.6 is 0 Å². The van der Waals surface area contributed by atoms with Gasteiger partial charge in [-0.2, -0.15) is 13.1 Å². The van der Waals surface area contributed by atoms with Gasteiger partial charge < -0.3 is 0 Å². The van der Waals surface area contributed by atoms with Crippen LogP contribution in [0.4, 0.5) is 17.6 Å². The molecule has 0 spiro atoms. The van der Waals surface area contributed by atoms with E-state index in [0.29, 0.717) is 6.07 Å². The van der Waals surface area contributed by atoms with E-state index in [1.54, 1.807) is 0 Å². The van der Waals surface area contributed by atoms with Crippen molar-refractivity contribution in [3.8, 4) is 0 Å². The van der Waals surface area contributed by atoms with Crippen LogP contribution in [0.1, 0.15) is 17.2 Å². The van der Waals surface area contributed by atoms with Gasteiger partial charge >= 0.3 is 0 Å². The number of hydrogen-bond donors (Lipinski definition) is 2. The summed E-state index contributed by atoms with van der Waals surface area (Å²) in [6.07, 6.45) is -0.954. The van der Waals surface area contributed by atoms with E-state index < -0.39 is 45.8 Å². The Hall–Kier alpha value is -1.19. The summed E-state index contributed by atoms with van der Waals surface area (Å²) in [5.41, 5.74) is -0.853. The average molecular weight is 284 g/mol. The van der Waals surface area contributed by atoms with Gasteiger partial charge in [0.2, 0.25) is 0 Å². The maximum absolute atomic E-state index is 13.6. The molecule has 0 bridgehead atoms. The highest BCUT2D eigenvalue weighted by Gasteiger charge is 2.50. The summed E-state index contributed by atoms with van der Waals surface area (Å²) in [6, 6.07) is -0.960. The van der Waals surface area contributed by atoms with Gasteiger partial charge in [-0.15, -0.1) is 0 Å². The first-order valence-electron chi connectivity index (χ1n) is 4.76. The van der Waals surface area contributed by atoms with Gasteiger partial charge in [-0.1, -0.05) is 0 Å². The van der Waals surface area contributed by atoms with Gasteiger partial charge in [0.1, 0.15) is 17.7 Å². The molecule has 0 unspecified atom stereocenters. The average Bonchev–Trinajstić information content (AvgIpc) is 2.34. The van der Waals surface area contributed by atoms with Crippen molar-refractivity contribution in [2.45, 2.75) is 18.4 Å². The lowest BCUT2D eigenvalue weighted by Crippen LogP contribution is -2.41. The minimum absolute atomic E-state index is 0.279. The molecule has 1 aliphatic rings. The molecule has 0 aliphatic heterocycles. The summed E-state index contributed by atoms with van der Waals surface area (Å²) in [6.45, 7) is 0. The lowest BCUT2D eigenvalue weighted by Gasteiger charge is -2.20. The number of alkyl halides is 2. The van der Waals surface area contributed by atoms with E-state index in [2.05, 4.69) is 5.14 Å². The summed E-state index contributed by atoms with van der Waals surface area (Å²) in [5.74, 6) is -5.80. The van der Waals surface area contributed by atoms with Crippen LogP contribution in [0.3, 0.4) is 0 Å². The van der Waals surface area contributed by atoms with Gasteiger partial charge in [0.05, 0.1) is 0 Å². The van der Waals surface area contributed by atoms with Gasteiger partial charge in [-0.3, -0.25) is 0 Å². The Bertz CT molecular complexity index is 603. The fourth-order valence-electron chi connectivity index (χ4n) is 1.98. The predicted molar refractivity (Wildman–Crippen MR) is 54.0 cm³/mol.